The van der Waals surface area contributed by atoms with Gasteiger partial charge < -0.3 is 19.9 Å². The first-order valence-electron chi connectivity index (χ1n) is 11.2. The fourth-order valence-electron chi connectivity index (χ4n) is 4.89. The van der Waals surface area contributed by atoms with Gasteiger partial charge >= 0.3 is 6.03 Å². The summed E-state index contributed by atoms with van der Waals surface area (Å²) >= 11 is 0. The van der Waals surface area contributed by atoms with Gasteiger partial charge in [0.15, 0.2) is 0 Å². The highest BCUT2D eigenvalue weighted by Gasteiger charge is 2.41. The molecule has 2 fully saturated rings. The number of carbonyl (C=O) groups excluding carboxylic acids is 2. The normalized spacial score (nSPS) is 21.4. The third-order valence-corrected chi connectivity index (χ3v) is 6.69. The summed E-state index contributed by atoms with van der Waals surface area (Å²) in [5.41, 5.74) is 0.188. The Morgan fingerprint density at radius 2 is 1.69 bits per heavy atom. The second kappa shape index (κ2) is 10.0. The zero-order valence-corrected chi connectivity index (χ0v) is 18.4. The Hall–Kier alpha value is -3.09. The van der Waals surface area contributed by atoms with Crippen molar-refractivity contribution in [2.45, 2.75) is 19.8 Å². The van der Waals surface area contributed by atoms with Crippen LogP contribution >= 0.6 is 0 Å². The number of amides is 3. The summed E-state index contributed by atoms with van der Waals surface area (Å²) in [6.45, 7) is 4.80. The average molecular weight is 440 g/mol. The second-order valence-corrected chi connectivity index (χ2v) is 8.71. The Morgan fingerprint density at radius 3 is 2.38 bits per heavy atom. The van der Waals surface area contributed by atoms with E-state index in [0.717, 1.165) is 31.7 Å². The minimum Gasteiger partial charge on any atom is -0.493 e. The van der Waals surface area contributed by atoms with Crippen molar-refractivity contribution in [1.29, 1.82) is 0 Å². The molecule has 6 nitrogen and oxygen atoms in total. The lowest BCUT2D eigenvalue weighted by Crippen LogP contribution is -2.41. The predicted octanol–water partition coefficient (Wildman–Crippen LogP) is 4.24. The molecule has 170 valence electrons. The third-order valence-electron chi connectivity index (χ3n) is 6.69. The van der Waals surface area contributed by atoms with Crippen LogP contribution in [0.15, 0.2) is 54.6 Å². The van der Waals surface area contributed by atoms with Crippen LogP contribution in [0.3, 0.4) is 0 Å². The summed E-state index contributed by atoms with van der Waals surface area (Å²) in [6.07, 6.45) is 1.85. The molecule has 2 aromatic rings. The molecule has 0 bridgehead atoms. The van der Waals surface area contributed by atoms with Crippen LogP contribution < -0.4 is 10.1 Å². The molecule has 2 atom stereocenters. The number of urea groups is 1. The first kappa shape index (κ1) is 22.1. The number of ether oxygens (including phenoxy) is 1. The zero-order valence-electron chi connectivity index (χ0n) is 18.4. The Bertz CT molecular complexity index is 931. The molecule has 0 aromatic heterocycles. The Balaban J connectivity index is 1.44. The Kier molecular flexibility index (Phi) is 6.93. The number of likely N-dealkylation sites (tertiary alicyclic amines) is 2. The van der Waals surface area contributed by atoms with Crippen LogP contribution in [0.1, 0.15) is 19.8 Å². The number of nitrogens with zero attached hydrogens (tertiary/aromatic N) is 2. The van der Waals surface area contributed by atoms with Gasteiger partial charge in [0, 0.05) is 39.0 Å². The van der Waals surface area contributed by atoms with Gasteiger partial charge in [0.1, 0.15) is 11.6 Å². The predicted molar refractivity (Wildman–Crippen MR) is 121 cm³/mol. The number of nitrogens with one attached hydrogen (secondary N) is 1. The summed E-state index contributed by atoms with van der Waals surface area (Å²) in [5, 5.41) is 2.71. The minimum absolute atomic E-state index is 0.115. The summed E-state index contributed by atoms with van der Waals surface area (Å²) in [7, 11) is 0. The number of halogens is 1. The van der Waals surface area contributed by atoms with E-state index < -0.39 is 5.82 Å². The van der Waals surface area contributed by atoms with Gasteiger partial charge in [0.2, 0.25) is 5.91 Å². The van der Waals surface area contributed by atoms with Crippen molar-refractivity contribution in [3.05, 3.63) is 60.4 Å². The molecule has 0 aliphatic carbocycles. The van der Waals surface area contributed by atoms with Crippen molar-refractivity contribution in [3.63, 3.8) is 0 Å². The maximum atomic E-state index is 14.0. The molecule has 0 spiro atoms. The maximum Gasteiger partial charge on any atom is 0.321 e. The lowest BCUT2D eigenvalue weighted by molar-refractivity contribution is -0.130. The molecule has 2 heterocycles. The summed E-state index contributed by atoms with van der Waals surface area (Å²) in [4.78, 5) is 28.3. The summed E-state index contributed by atoms with van der Waals surface area (Å²) in [6, 6.07) is 15.6. The SMILES string of the molecule is CC(=O)N1CCC([C@@H]2CN(C(=O)Nc3ccccc3F)C[C@H]2COc2ccccc2)CC1. The maximum absolute atomic E-state index is 14.0. The molecule has 4 rings (SSSR count). The molecule has 7 heteroatoms. The molecular formula is C25H30FN3O3. The number of carbonyl (C=O) groups is 2. The Morgan fingerprint density at radius 1 is 1.00 bits per heavy atom. The zero-order chi connectivity index (χ0) is 22.5. The molecular weight excluding hydrogens is 409 g/mol. The second-order valence-electron chi connectivity index (χ2n) is 8.71. The van der Waals surface area contributed by atoms with Gasteiger partial charge in [-0.3, -0.25) is 4.79 Å². The highest BCUT2D eigenvalue weighted by atomic mass is 19.1. The molecule has 32 heavy (non-hydrogen) atoms. The van der Waals surface area contributed by atoms with E-state index >= 15 is 0 Å². The first-order chi connectivity index (χ1) is 15.5. The molecule has 0 radical (unpaired) electrons. The van der Waals surface area contributed by atoms with E-state index in [4.69, 9.17) is 4.74 Å². The fourth-order valence-corrected chi connectivity index (χ4v) is 4.89. The third kappa shape index (κ3) is 5.21. The van der Waals surface area contributed by atoms with Crippen molar-refractivity contribution in [1.82, 2.24) is 9.80 Å². The molecule has 2 aromatic carbocycles. The van der Waals surface area contributed by atoms with Crippen molar-refractivity contribution >= 4 is 17.6 Å². The smallest absolute Gasteiger partial charge is 0.321 e. The van der Waals surface area contributed by atoms with Crippen LogP contribution in [0, 0.1) is 23.6 Å². The number of para-hydroxylation sites is 2. The van der Waals surface area contributed by atoms with Gasteiger partial charge in [0.25, 0.3) is 0 Å². The van der Waals surface area contributed by atoms with E-state index in [9.17, 15) is 14.0 Å². The monoisotopic (exact) mass is 439 g/mol. The quantitative estimate of drug-likeness (QED) is 0.758. The number of benzene rings is 2. The number of rotatable bonds is 5. The van der Waals surface area contributed by atoms with Crippen molar-refractivity contribution in [3.8, 4) is 5.75 Å². The first-order valence-corrected chi connectivity index (χ1v) is 11.2. The van der Waals surface area contributed by atoms with Gasteiger partial charge in [-0.2, -0.15) is 0 Å². The van der Waals surface area contributed by atoms with E-state index in [2.05, 4.69) is 5.32 Å². The lowest BCUT2D eigenvalue weighted by atomic mass is 9.79. The van der Waals surface area contributed by atoms with Gasteiger partial charge in [0.05, 0.1) is 12.3 Å². The van der Waals surface area contributed by atoms with Crippen LogP contribution in [-0.4, -0.2) is 54.5 Å². The number of piperidine rings is 1. The average Bonchev–Trinajstić information content (AvgIpc) is 3.24. The van der Waals surface area contributed by atoms with E-state index in [-0.39, 0.29) is 29.5 Å². The molecule has 0 saturated carbocycles. The Labute approximate surface area is 188 Å². The highest BCUT2D eigenvalue weighted by molar-refractivity contribution is 5.89. The van der Waals surface area contributed by atoms with Crippen LogP contribution in [0.4, 0.5) is 14.9 Å². The van der Waals surface area contributed by atoms with Gasteiger partial charge in [-0.1, -0.05) is 30.3 Å². The largest absolute Gasteiger partial charge is 0.493 e. The molecule has 2 saturated heterocycles. The molecule has 2 aliphatic heterocycles. The van der Waals surface area contributed by atoms with E-state index in [1.54, 1.807) is 30.0 Å². The minimum atomic E-state index is -0.447. The number of hydrogen-bond acceptors (Lipinski definition) is 3. The lowest BCUT2D eigenvalue weighted by Gasteiger charge is -2.36. The van der Waals surface area contributed by atoms with Crippen LogP contribution in [0.25, 0.3) is 0 Å². The van der Waals surface area contributed by atoms with Crippen LogP contribution in [0.2, 0.25) is 0 Å². The molecule has 1 N–H and O–H groups in total. The topological polar surface area (TPSA) is 61.9 Å². The molecule has 2 aliphatic rings. The molecule has 0 unspecified atom stereocenters. The van der Waals surface area contributed by atoms with Gasteiger partial charge in [-0.05, 0) is 48.9 Å². The van der Waals surface area contributed by atoms with Gasteiger partial charge in [-0.25, -0.2) is 9.18 Å². The van der Waals surface area contributed by atoms with E-state index in [1.807, 2.05) is 35.2 Å². The van der Waals surface area contributed by atoms with Crippen LogP contribution in [-0.2, 0) is 4.79 Å². The summed E-state index contributed by atoms with van der Waals surface area (Å²) in [5.74, 6) is 1.35. The highest BCUT2D eigenvalue weighted by Crippen LogP contribution is 2.36. The fraction of sp³-hybridized carbons (Fsp3) is 0.440. The van der Waals surface area contributed by atoms with E-state index in [0.29, 0.717) is 25.6 Å². The number of anilines is 1. The van der Waals surface area contributed by atoms with Crippen molar-refractivity contribution in [2.24, 2.45) is 17.8 Å². The van der Waals surface area contributed by atoms with Gasteiger partial charge in [-0.15, -0.1) is 0 Å². The van der Waals surface area contributed by atoms with Crippen molar-refractivity contribution < 1.29 is 18.7 Å². The van der Waals surface area contributed by atoms with Crippen molar-refractivity contribution in [2.75, 3.05) is 38.1 Å². The standard InChI is InChI=1S/C25H30FN3O3/c1-18(30)28-13-11-19(12-14-28)22-16-29(25(31)27-24-10-6-5-9-23(24)26)15-20(22)17-32-21-7-3-2-4-8-21/h2-10,19-20,22H,11-17H2,1H3,(H,27,31)/t20-,22-/m0/s1. The van der Waals surface area contributed by atoms with E-state index in [1.165, 1.54) is 6.07 Å². The molecule has 3 amide bonds. The summed E-state index contributed by atoms with van der Waals surface area (Å²) < 4.78 is 20.1. The van der Waals surface area contributed by atoms with Crippen LogP contribution in [0.5, 0.6) is 5.75 Å². The number of hydrogen-bond donors (Lipinski definition) is 1.